The van der Waals surface area contributed by atoms with Gasteiger partial charge >= 0.3 is 0 Å². The molecule has 0 aliphatic rings. The largest absolute Gasteiger partial charge is 0.330 e. The second kappa shape index (κ2) is 6.84. The van der Waals surface area contributed by atoms with Gasteiger partial charge in [-0.1, -0.05) is 6.92 Å². The van der Waals surface area contributed by atoms with Crippen LogP contribution in [-0.4, -0.2) is 18.4 Å². The first kappa shape index (κ1) is 15.1. The standard InChI is InChI=1S/C13H18FN3O2/c1-8(7-15)5-13(19)17-12-6-10(16-9(2)18)3-4-11(12)14/h3-4,6,8H,5,7,15H2,1-2H3,(H,16,18)(H,17,19). The van der Waals surface area contributed by atoms with Crippen LogP contribution in [0.4, 0.5) is 15.8 Å². The summed E-state index contributed by atoms with van der Waals surface area (Å²) in [6.07, 6.45) is 0.223. The van der Waals surface area contributed by atoms with Crippen molar-refractivity contribution >= 4 is 23.2 Å². The molecule has 6 heteroatoms. The van der Waals surface area contributed by atoms with Crippen molar-refractivity contribution in [1.82, 2.24) is 0 Å². The van der Waals surface area contributed by atoms with Crippen LogP contribution < -0.4 is 16.4 Å². The molecule has 4 N–H and O–H groups in total. The van der Waals surface area contributed by atoms with Crippen molar-refractivity contribution in [2.45, 2.75) is 20.3 Å². The highest BCUT2D eigenvalue weighted by Gasteiger charge is 2.11. The monoisotopic (exact) mass is 267 g/mol. The Bertz CT molecular complexity index is 477. The highest BCUT2D eigenvalue weighted by atomic mass is 19.1. The number of nitrogens with two attached hydrogens (primary N) is 1. The van der Waals surface area contributed by atoms with Crippen LogP contribution in [0, 0.1) is 11.7 Å². The van der Waals surface area contributed by atoms with Crippen LogP contribution in [-0.2, 0) is 9.59 Å². The summed E-state index contributed by atoms with van der Waals surface area (Å²) < 4.78 is 13.5. The fraction of sp³-hybridized carbons (Fsp3) is 0.385. The molecule has 2 amide bonds. The van der Waals surface area contributed by atoms with E-state index in [4.69, 9.17) is 5.73 Å². The summed E-state index contributed by atoms with van der Waals surface area (Å²) in [7, 11) is 0. The van der Waals surface area contributed by atoms with Gasteiger partial charge in [0.05, 0.1) is 5.69 Å². The van der Waals surface area contributed by atoms with E-state index < -0.39 is 5.82 Å². The first-order chi connectivity index (χ1) is 8.92. The Balaban J connectivity index is 2.76. The van der Waals surface area contributed by atoms with Crippen molar-refractivity contribution in [1.29, 1.82) is 0 Å². The van der Waals surface area contributed by atoms with E-state index in [9.17, 15) is 14.0 Å². The van der Waals surface area contributed by atoms with Crippen LogP contribution in [0.25, 0.3) is 0 Å². The van der Waals surface area contributed by atoms with Crippen molar-refractivity contribution in [3.8, 4) is 0 Å². The molecular formula is C13H18FN3O2. The first-order valence-electron chi connectivity index (χ1n) is 5.99. The Labute approximate surface area is 111 Å². The molecule has 1 atom stereocenters. The molecule has 0 fully saturated rings. The third kappa shape index (κ3) is 5.05. The van der Waals surface area contributed by atoms with Crippen molar-refractivity contribution in [3.63, 3.8) is 0 Å². The summed E-state index contributed by atoms with van der Waals surface area (Å²) in [5.41, 5.74) is 5.89. The van der Waals surface area contributed by atoms with Gasteiger partial charge in [-0.15, -0.1) is 0 Å². The van der Waals surface area contributed by atoms with Gasteiger partial charge in [0.15, 0.2) is 0 Å². The van der Waals surface area contributed by atoms with Crippen molar-refractivity contribution in [2.75, 3.05) is 17.2 Å². The van der Waals surface area contributed by atoms with Gasteiger partial charge in [0.25, 0.3) is 0 Å². The lowest BCUT2D eigenvalue weighted by Crippen LogP contribution is -2.20. The van der Waals surface area contributed by atoms with Crippen LogP contribution in [0.3, 0.4) is 0 Å². The van der Waals surface area contributed by atoms with E-state index in [1.165, 1.54) is 25.1 Å². The normalized spacial score (nSPS) is 11.8. The zero-order chi connectivity index (χ0) is 14.4. The van der Waals surface area contributed by atoms with Gasteiger partial charge in [-0.25, -0.2) is 4.39 Å². The molecule has 0 aliphatic carbocycles. The Morgan fingerprint density at radius 1 is 1.37 bits per heavy atom. The minimum Gasteiger partial charge on any atom is -0.330 e. The van der Waals surface area contributed by atoms with Crippen LogP contribution in [0.15, 0.2) is 18.2 Å². The lowest BCUT2D eigenvalue weighted by molar-refractivity contribution is -0.117. The number of carbonyl (C=O) groups is 2. The molecule has 0 aliphatic heterocycles. The molecule has 0 heterocycles. The highest BCUT2D eigenvalue weighted by molar-refractivity contribution is 5.93. The molecule has 5 nitrogen and oxygen atoms in total. The van der Waals surface area contributed by atoms with Gasteiger partial charge in [0.2, 0.25) is 11.8 Å². The number of anilines is 2. The molecular weight excluding hydrogens is 249 g/mol. The Hall–Kier alpha value is -1.95. The maximum Gasteiger partial charge on any atom is 0.224 e. The van der Waals surface area contributed by atoms with Crippen LogP contribution >= 0.6 is 0 Å². The second-order valence-corrected chi connectivity index (χ2v) is 4.47. The average molecular weight is 267 g/mol. The number of rotatable bonds is 5. The quantitative estimate of drug-likeness (QED) is 0.759. The lowest BCUT2D eigenvalue weighted by atomic mass is 10.1. The predicted molar refractivity (Wildman–Crippen MR) is 72.2 cm³/mol. The molecule has 0 saturated heterocycles. The van der Waals surface area contributed by atoms with Crippen LogP contribution in [0.5, 0.6) is 0 Å². The molecule has 0 spiro atoms. The number of carbonyl (C=O) groups excluding carboxylic acids is 2. The maximum absolute atomic E-state index is 13.5. The van der Waals surface area contributed by atoms with E-state index in [2.05, 4.69) is 10.6 Å². The fourth-order valence-electron chi connectivity index (χ4n) is 1.50. The molecule has 0 saturated carbocycles. The average Bonchev–Trinajstić information content (AvgIpc) is 2.32. The highest BCUT2D eigenvalue weighted by Crippen LogP contribution is 2.20. The van der Waals surface area contributed by atoms with E-state index in [-0.39, 0.29) is 29.8 Å². The van der Waals surface area contributed by atoms with E-state index in [0.717, 1.165) is 0 Å². The van der Waals surface area contributed by atoms with Crippen LogP contribution in [0.1, 0.15) is 20.3 Å². The Morgan fingerprint density at radius 2 is 2.05 bits per heavy atom. The number of nitrogens with one attached hydrogen (secondary N) is 2. The Morgan fingerprint density at radius 3 is 2.63 bits per heavy atom. The van der Waals surface area contributed by atoms with Gasteiger partial charge in [0.1, 0.15) is 5.82 Å². The van der Waals surface area contributed by atoms with Crippen molar-refractivity contribution < 1.29 is 14.0 Å². The summed E-state index contributed by atoms with van der Waals surface area (Å²) in [5, 5.41) is 4.99. The zero-order valence-electron chi connectivity index (χ0n) is 11.0. The molecule has 1 aromatic rings. The second-order valence-electron chi connectivity index (χ2n) is 4.47. The van der Waals surface area contributed by atoms with Gasteiger partial charge in [-0.2, -0.15) is 0 Å². The number of benzene rings is 1. The van der Waals surface area contributed by atoms with Crippen LogP contribution in [0.2, 0.25) is 0 Å². The van der Waals surface area contributed by atoms with Crippen molar-refractivity contribution in [2.24, 2.45) is 11.7 Å². The molecule has 19 heavy (non-hydrogen) atoms. The Kier molecular flexibility index (Phi) is 5.44. The zero-order valence-corrected chi connectivity index (χ0v) is 11.0. The summed E-state index contributed by atoms with van der Waals surface area (Å²) in [6, 6.07) is 3.99. The SMILES string of the molecule is CC(=O)Nc1ccc(F)c(NC(=O)CC(C)CN)c1. The van der Waals surface area contributed by atoms with E-state index in [1.54, 1.807) is 0 Å². The third-order valence-corrected chi connectivity index (χ3v) is 2.50. The summed E-state index contributed by atoms with van der Waals surface area (Å²) in [5.74, 6) is -1.10. The summed E-state index contributed by atoms with van der Waals surface area (Å²) >= 11 is 0. The van der Waals surface area contributed by atoms with E-state index >= 15 is 0 Å². The molecule has 1 rings (SSSR count). The third-order valence-electron chi connectivity index (χ3n) is 2.50. The molecule has 0 aromatic heterocycles. The molecule has 0 radical (unpaired) electrons. The predicted octanol–water partition coefficient (Wildman–Crippen LogP) is 1.71. The van der Waals surface area contributed by atoms with E-state index in [0.29, 0.717) is 12.2 Å². The molecule has 1 aromatic carbocycles. The summed E-state index contributed by atoms with van der Waals surface area (Å²) in [6.45, 7) is 3.58. The number of hydrogen-bond donors (Lipinski definition) is 3. The summed E-state index contributed by atoms with van der Waals surface area (Å²) in [4.78, 5) is 22.6. The van der Waals surface area contributed by atoms with Gasteiger partial charge in [-0.3, -0.25) is 9.59 Å². The van der Waals surface area contributed by atoms with Gasteiger partial charge < -0.3 is 16.4 Å². The topological polar surface area (TPSA) is 84.2 Å². The van der Waals surface area contributed by atoms with Gasteiger partial charge in [0, 0.05) is 19.0 Å². The van der Waals surface area contributed by atoms with E-state index in [1.807, 2.05) is 6.92 Å². The minimum absolute atomic E-state index is 0.0292. The van der Waals surface area contributed by atoms with Crippen molar-refractivity contribution in [3.05, 3.63) is 24.0 Å². The maximum atomic E-state index is 13.5. The smallest absolute Gasteiger partial charge is 0.224 e. The minimum atomic E-state index is -0.553. The number of hydrogen-bond acceptors (Lipinski definition) is 3. The fourth-order valence-corrected chi connectivity index (χ4v) is 1.50. The number of amides is 2. The molecule has 104 valence electrons. The number of halogens is 1. The van der Waals surface area contributed by atoms with Gasteiger partial charge in [-0.05, 0) is 30.7 Å². The lowest BCUT2D eigenvalue weighted by Gasteiger charge is -2.11. The molecule has 1 unspecified atom stereocenters. The first-order valence-corrected chi connectivity index (χ1v) is 5.99. The molecule has 0 bridgehead atoms.